The first-order valence-electron chi connectivity index (χ1n) is 16.8. The lowest BCUT2D eigenvalue weighted by molar-refractivity contribution is -0.253. The van der Waals surface area contributed by atoms with Crippen LogP contribution in [0, 0.1) is 0 Å². The lowest BCUT2D eigenvalue weighted by atomic mass is 9.99. The van der Waals surface area contributed by atoms with Crippen LogP contribution in [0.5, 0.6) is 0 Å². The summed E-state index contributed by atoms with van der Waals surface area (Å²) < 4.78 is 13.3. The minimum absolute atomic E-state index is 0.00626. The molecule has 1 amide bonds. The summed E-state index contributed by atoms with van der Waals surface area (Å²) in [6.45, 7) is 2.71. The van der Waals surface area contributed by atoms with Crippen molar-refractivity contribution in [3.63, 3.8) is 0 Å². The van der Waals surface area contributed by atoms with Gasteiger partial charge in [-0.2, -0.15) is 0 Å². The van der Waals surface area contributed by atoms with Crippen molar-refractivity contribution >= 4 is 11.9 Å². The fraction of sp³-hybridized carbons (Fsp3) is 0.350. The zero-order valence-corrected chi connectivity index (χ0v) is 27.4. The Morgan fingerprint density at radius 3 is 1.88 bits per heavy atom. The van der Waals surface area contributed by atoms with Crippen LogP contribution >= 0.6 is 0 Å². The Balaban J connectivity index is 1.26. The van der Waals surface area contributed by atoms with Gasteiger partial charge in [0.2, 0.25) is 5.91 Å². The number of carbonyl (C=O) groups is 2. The molecule has 5 rings (SSSR count). The number of carboxylic acid groups (broad SMARTS) is 1. The molecule has 4 aromatic carbocycles. The molecule has 0 bridgehead atoms. The van der Waals surface area contributed by atoms with E-state index in [0.717, 1.165) is 48.3 Å². The molecule has 0 unspecified atom stereocenters. The topological polar surface area (TPSA) is 108 Å². The Labute approximate surface area is 283 Å². The number of aliphatic hydroxyl groups is 1. The number of hydrogen-bond acceptors (Lipinski definition) is 6. The number of aliphatic hydroxyl groups excluding tert-OH is 1. The normalized spacial score (nSPS) is 17.7. The molecule has 1 heterocycles. The van der Waals surface area contributed by atoms with Gasteiger partial charge in [-0.15, -0.1) is 0 Å². The van der Waals surface area contributed by atoms with Crippen LogP contribution in [-0.2, 0) is 45.3 Å². The van der Waals surface area contributed by atoms with Gasteiger partial charge < -0.3 is 25.0 Å². The Kier molecular flexibility index (Phi) is 13.3. The van der Waals surface area contributed by atoms with Gasteiger partial charge in [0.25, 0.3) is 0 Å². The number of rotatable bonds is 17. The van der Waals surface area contributed by atoms with Crippen LogP contribution < -0.4 is 5.32 Å². The van der Waals surface area contributed by atoms with Crippen LogP contribution in [-0.4, -0.2) is 39.6 Å². The number of unbranched alkanes of at least 4 members (excludes halogenated alkanes) is 2. The van der Waals surface area contributed by atoms with Gasteiger partial charge in [-0.25, -0.2) is 0 Å². The zero-order chi connectivity index (χ0) is 33.6. The summed E-state index contributed by atoms with van der Waals surface area (Å²) >= 11 is 0. The zero-order valence-electron chi connectivity index (χ0n) is 27.4. The summed E-state index contributed by atoms with van der Waals surface area (Å²) in [6.07, 6.45) is 2.33. The molecule has 3 atom stereocenters. The minimum atomic E-state index is -0.803. The van der Waals surface area contributed by atoms with Gasteiger partial charge in [0.1, 0.15) is 0 Å². The summed E-state index contributed by atoms with van der Waals surface area (Å²) in [7, 11) is 0. The molecule has 8 heteroatoms. The standard InChI is InChI=1S/C40H46N2O6/c43-29-33-18-20-34(21-19-33)37-24-36(28-42(26-31-10-4-1-5-11-31)27-32-12-6-2-7-13-32)47-40(48-37)35-22-16-30(17-23-35)25-41-38(44)14-8-3-9-15-39(45)46/h1-2,4-7,10-13,16-23,36-37,40,43H,3,8-9,14-15,24-29H2,(H,41,44)(H,45,46)/t36-,37+,40+/m1/s1. The predicted molar refractivity (Wildman–Crippen MR) is 184 cm³/mol. The van der Waals surface area contributed by atoms with Crippen LogP contribution in [0.1, 0.15) is 84.3 Å². The molecule has 3 N–H and O–H groups in total. The summed E-state index contributed by atoms with van der Waals surface area (Å²) in [5.74, 6) is -0.843. The van der Waals surface area contributed by atoms with E-state index in [2.05, 4.69) is 58.7 Å². The van der Waals surface area contributed by atoms with E-state index in [-0.39, 0.29) is 31.1 Å². The van der Waals surface area contributed by atoms with Gasteiger partial charge in [-0.1, -0.05) is 116 Å². The van der Waals surface area contributed by atoms with Gasteiger partial charge in [0.05, 0.1) is 18.8 Å². The van der Waals surface area contributed by atoms with E-state index in [0.29, 0.717) is 32.2 Å². The van der Waals surface area contributed by atoms with Crippen LogP contribution in [0.3, 0.4) is 0 Å². The third-order valence-electron chi connectivity index (χ3n) is 8.61. The Hall–Kier alpha value is -4.34. The molecule has 0 radical (unpaired) electrons. The second-order valence-electron chi connectivity index (χ2n) is 12.5. The molecule has 252 valence electrons. The highest BCUT2D eigenvalue weighted by Crippen LogP contribution is 2.38. The molecule has 4 aromatic rings. The molecule has 0 aromatic heterocycles. The Morgan fingerprint density at radius 2 is 1.27 bits per heavy atom. The maximum atomic E-state index is 12.3. The van der Waals surface area contributed by atoms with Crippen LogP contribution in [0.2, 0.25) is 0 Å². The first-order valence-corrected chi connectivity index (χ1v) is 16.8. The lowest BCUT2D eigenvalue weighted by Gasteiger charge is -2.38. The number of benzene rings is 4. The van der Waals surface area contributed by atoms with Crippen molar-refractivity contribution in [2.75, 3.05) is 6.54 Å². The number of ether oxygens (including phenoxy) is 2. The maximum absolute atomic E-state index is 12.3. The van der Waals surface area contributed by atoms with Crippen LogP contribution in [0.4, 0.5) is 0 Å². The monoisotopic (exact) mass is 650 g/mol. The van der Waals surface area contributed by atoms with E-state index in [4.69, 9.17) is 14.6 Å². The Bertz CT molecular complexity index is 1510. The third kappa shape index (κ3) is 11.1. The largest absolute Gasteiger partial charge is 0.481 e. The fourth-order valence-corrected chi connectivity index (χ4v) is 6.01. The van der Waals surface area contributed by atoms with Crippen molar-refractivity contribution in [3.8, 4) is 0 Å². The van der Waals surface area contributed by atoms with E-state index >= 15 is 0 Å². The number of hydrogen-bond donors (Lipinski definition) is 3. The van der Waals surface area contributed by atoms with Crippen molar-refractivity contribution < 1.29 is 29.3 Å². The molecular formula is C40H46N2O6. The van der Waals surface area contributed by atoms with E-state index in [1.165, 1.54) is 11.1 Å². The van der Waals surface area contributed by atoms with E-state index in [1.54, 1.807) is 0 Å². The SMILES string of the molecule is O=C(O)CCCCCC(=O)NCc1ccc([C@H]2O[C@@H](CN(Cc3ccccc3)Cc3ccccc3)C[C@@H](c3ccc(CO)cc3)O2)cc1. The van der Waals surface area contributed by atoms with E-state index in [9.17, 15) is 14.7 Å². The average molecular weight is 651 g/mol. The highest BCUT2D eigenvalue weighted by atomic mass is 16.7. The lowest BCUT2D eigenvalue weighted by Crippen LogP contribution is -2.39. The third-order valence-corrected chi connectivity index (χ3v) is 8.61. The van der Waals surface area contributed by atoms with Crippen LogP contribution in [0.15, 0.2) is 109 Å². The molecule has 48 heavy (non-hydrogen) atoms. The molecule has 1 fully saturated rings. The maximum Gasteiger partial charge on any atom is 0.303 e. The average Bonchev–Trinajstić information content (AvgIpc) is 3.11. The molecular weight excluding hydrogens is 604 g/mol. The van der Waals surface area contributed by atoms with Crippen LogP contribution in [0.25, 0.3) is 0 Å². The Morgan fingerprint density at radius 1 is 0.688 bits per heavy atom. The number of amides is 1. The molecule has 8 nitrogen and oxygen atoms in total. The van der Waals surface area contributed by atoms with Gasteiger partial charge >= 0.3 is 5.97 Å². The highest BCUT2D eigenvalue weighted by molar-refractivity contribution is 5.75. The smallest absolute Gasteiger partial charge is 0.303 e. The first kappa shape index (κ1) is 35.0. The summed E-state index contributed by atoms with van der Waals surface area (Å²) in [4.78, 5) is 25.4. The van der Waals surface area contributed by atoms with E-state index < -0.39 is 12.3 Å². The first-order chi connectivity index (χ1) is 23.4. The van der Waals surface area contributed by atoms with Crippen molar-refractivity contribution in [2.45, 2.75) is 83.3 Å². The second-order valence-corrected chi connectivity index (χ2v) is 12.5. The molecule has 0 spiro atoms. The molecule has 0 saturated carbocycles. The summed E-state index contributed by atoms with van der Waals surface area (Å²) in [5.41, 5.74) is 6.27. The quantitative estimate of drug-likeness (QED) is 0.105. The number of aliphatic carboxylic acids is 1. The molecule has 1 saturated heterocycles. The van der Waals surface area contributed by atoms with Gasteiger partial charge in [0.15, 0.2) is 6.29 Å². The molecule has 1 aliphatic heterocycles. The van der Waals surface area contributed by atoms with Gasteiger partial charge in [-0.3, -0.25) is 14.5 Å². The van der Waals surface area contributed by atoms with E-state index in [1.807, 2.05) is 60.7 Å². The second kappa shape index (κ2) is 18.3. The summed E-state index contributed by atoms with van der Waals surface area (Å²) in [5, 5.41) is 21.3. The highest BCUT2D eigenvalue weighted by Gasteiger charge is 2.33. The van der Waals surface area contributed by atoms with Crippen molar-refractivity contribution in [1.29, 1.82) is 0 Å². The fourth-order valence-electron chi connectivity index (χ4n) is 6.01. The minimum Gasteiger partial charge on any atom is -0.481 e. The molecule has 1 aliphatic rings. The van der Waals surface area contributed by atoms with Crippen molar-refractivity contribution in [2.24, 2.45) is 0 Å². The number of carbonyl (C=O) groups excluding carboxylic acids is 1. The molecule has 0 aliphatic carbocycles. The number of nitrogens with one attached hydrogen (secondary N) is 1. The summed E-state index contributed by atoms with van der Waals surface area (Å²) in [6, 6.07) is 36.9. The van der Waals surface area contributed by atoms with Gasteiger partial charge in [-0.05, 0) is 40.7 Å². The number of nitrogens with zero attached hydrogens (tertiary/aromatic N) is 1. The van der Waals surface area contributed by atoms with Crippen molar-refractivity contribution in [3.05, 3.63) is 143 Å². The van der Waals surface area contributed by atoms with Crippen molar-refractivity contribution in [1.82, 2.24) is 10.2 Å². The van der Waals surface area contributed by atoms with Gasteiger partial charge in [0, 0.05) is 51.0 Å². The number of carboxylic acids is 1. The predicted octanol–water partition coefficient (Wildman–Crippen LogP) is 7.08.